The number of piperidine rings is 1. The monoisotopic (exact) mass is 480 g/mol. The van der Waals surface area contributed by atoms with Crippen molar-refractivity contribution in [1.82, 2.24) is 15.1 Å². The number of rotatable bonds is 2. The minimum Gasteiger partial charge on any atom is -0.444 e. The third kappa shape index (κ3) is 3.86. The Balaban J connectivity index is 1.79. The number of anilines is 1. The average Bonchev–Trinajstić information content (AvgIpc) is 2.67. The van der Waals surface area contributed by atoms with Gasteiger partial charge in [0.1, 0.15) is 15.3 Å². The first-order valence-electron chi connectivity index (χ1n) is 8.59. The zero-order valence-electron chi connectivity index (χ0n) is 15.2. The minimum absolute atomic E-state index is 0.133. The molecule has 2 aliphatic rings. The largest absolute Gasteiger partial charge is 0.444 e. The Morgan fingerprint density at radius 3 is 2.58 bits per heavy atom. The van der Waals surface area contributed by atoms with Crippen molar-refractivity contribution in [2.75, 3.05) is 11.9 Å². The molecule has 0 radical (unpaired) electrons. The van der Waals surface area contributed by atoms with Crippen LogP contribution >= 0.6 is 22.6 Å². The van der Waals surface area contributed by atoms with Crippen molar-refractivity contribution in [1.29, 1.82) is 0 Å². The summed E-state index contributed by atoms with van der Waals surface area (Å²) in [6.07, 6.45) is -0.345. The van der Waals surface area contributed by atoms with Crippen LogP contribution in [0.5, 0.6) is 0 Å². The van der Waals surface area contributed by atoms with Gasteiger partial charge in [-0.15, -0.1) is 10.2 Å². The number of hydrogen-bond acceptors (Lipinski definition) is 5. The van der Waals surface area contributed by atoms with Gasteiger partial charge in [-0.25, -0.2) is 13.6 Å². The summed E-state index contributed by atoms with van der Waals surface area (Å²) < 4.78 is 35.2. The molecule has 26 heavy (non-hydrogen) atoms. The molecule has 0 spiro atoms. The summed E-state index contributed by atoms with van der Waals surface area (Å²) in [4.78, 5) is 15.6. The number of hydrogen-bond donors (Lipinski definition) is 0. The highest BCUT2D eigenvalue weighted by Crippen LogP contribution is 2.47. The molecule has 1 amide bonds. The van der Waals surface area contributed by atoms with Crippen molar-refractivity contribution in [2.45, 2.75) is 69.7 Å². The van der Waals surface area contributed by atoms with Crippen molar-refractivity contribution >= 4 is 34.5 Å². The number of amides is 1. The van der Waals surface area contributed by atoms with E-state index >= 15 is 0 Å². The molecule has 144 valence electrons. The molecule has 3 rings (SSSR count). The van der Waals surface area contributed by atoms with Crippen molar-refractivity contribution < 1.29 is 18.3 Å². The second-order valence-corrected chi connectivity index (χ2v) is 9.08. The van der Waals surface area contributed by atoms with Gasteiger partial charge in [0.15, 0.2) is 5.82 Å². The third-order valence-corrected chi connectivity index (χ3v) is 5.47. The molecule has 1 aromatic rings. The van der Waals surface area contributed by atoms with E-state index in [9.17, 15) is 13.6 Å². The highest BCUT2D eigenvalue weighted by atomic mass is 127. The third-order valence-electron chi connectivity index (χ3n) is 4.90. The van der Waals surface area contributed by atoms with Crippen LogP contribution in [0.25, 0.3) is 0 Å². The van der Waals surface area contributed by atoms with E-state index in [1.165, 1.54) is 4.90 Å². The number of nitrogens with zero attached hydrogens (tertiary/aromatic N) is 4. The van der Waals surface area contributed by atoms with Gasteiger partial charge < -0.3 is 9.64 Å². The first kappa shape index (κ1) is 19.5. The van der Waals surface area contributed by atoms with E-state index in [1.807, 2.05) is 24.1 Å². The number of halogens is 3. The molecule has 0 saturated carbocycles. The van der Waals surface area contributed by atoms with E-state index in [-0.39, 0.29) is 18.9 Å². The highest BCUT2D eigenvalue weighted by molar-refractivity contribution is 14.1. The molecule has 2 saturated heterocycles. The van der Waals surface area contributed by atoms with Crippen molar-refractivity contribution in [3.8, 4) is 0 Å². The van der Waals surface area contributed by atoms with Crippen LogP contribution in [0.3, 0.4) is 0 Å². The van der Waals surface area contributed by atoms with Gasteiger partial charge in [0, 0.05) is 25.6 Å². The molecule has 3 unspecified atom stereocenters. The Hall–Kier alpha value is -1.26. The van der Waals surface area contributed by atoms with Crippen LogP contribution in [-0.2, 0) is 4.74 Å². The first-order chi connectivity index (χ1) is 12.0. The van der Waals surface area contributed by atoms with Gasteiger partial charge in [-0.3, -0.25) is 4.90 Å². The van der Waals surface area contributed by atoms with E-state index in [0.717, 1.165) is 3.70 Å². The molecule has 0 N–H and O–H groups in total. The Labute approximate surface area is 165 Å². The fourth-order valence-corrected chi connectivity index (χ4v) is 4.04. The van der Waals surface area contributed by atoms with E-state index in [0.29, 0.717) is 12.2 Å². The zero-order chi connectivity index (χ0) is 19.3. The fourth-order valence-electron chi connectivity index (χ4n) is 3.75. The van der Waals surface area contributed by atoms with Crippen LogP contribution in [0.15, 0.2) is 12.1 Å². The molecular weight excluding hydrogens is 457 g/mol. The summed E-state index contributed by atoms with van der Waals surface area (Å²) in [7, 11) is 1.84. The second kappa shape index (κ2) is 6.72. The average molecular weight is 480 g/mol. The number of carbonyl (C=O) groups is 1. The summed E-state index contributed by atoms with van der Waals surface area (Å²) in [6, 6.07) is 1.84. The Morgan fingerprint density at radius 2 is 2.04 bits per heavy atom. The predicted molar refractivity (Wildman–Crippen MR) is 101 cm³/mol. The van der Waals surface area contributed by atoms with Gasteiger partial charge in [-0.05, 0) is 68.3 Å². The van der Waals surface area contributed by atoms with Crippen LogP contribution in [0.4, 0.5) is 19.4 Å². The molecule has 3 atom stereocenters. The summed E-state index contributed by atoms with van der Waals surface area (Å²) in [5.74, 6) is -2.27. The number of alkyl halides is 2. The van der Waals surface area contributed by atoms with Crippen molar-refractivity contribution in [2.24, 2.45) is 0 Å². The van der Waals surface area contributed by atoms with E-state index in [4.69, 9.17) is 4.74 Å². The topological polar surface area (TPSA) is 58.6 Å². The van der Waals surface area contributed by atoms with Gasteiger partial charge in [-0.1, -0.05) is 0 Å². The first-order valence-corrected chi connectivity index (χ1v) is 9.67. The molecule has 1 aromatic heterocycles. The zero-order valence-corrected chi connectivity index (χ0v) is 17.4. The molecule has 9 heteroatoms. The van der Waals surface area contributed by atoms with E-state index in [1.54, 1.807) is 20.8 Å². The predicted octanol–water partition coefficient (Wildman–Crippen LogP) is 3.69. The summed E-state index contributed by atoms with van der Waals surface area (Å²) in [5, 5.41) is 8.16. The quantitative estimate of drug-likeness (QED) is 0.605. The standard InChI is InChI=1S/C17H23F2IN4O2/c1-16(2,3)26-15(25)24-11-7-10(8-12(24)17(18,19)9-11)23(4)14-6-5-13(20)21-22-14/h5-6,10-12H,7-9H2,1-4H3. The maximum atomic E-state index is 14.5. The Bertz CT molecular complexity index is 680. The maximum absolute atomic E-state index is 14.5. The number of fused-ring (bicyclic) bond motifs is 2. The van der Waals surface area contributed by atoms with E-state index < -0.39 is 29.7 Å². The molecule has 3 heterocycles. The summed E-state index contributed by atoms with van der Waals surface area (Å²) in [5.41, 5.74) is -0.712. The molecule has 0 aliphatic carbocycles. The fraction of sp³-hybridized carbons (Fsp3) is 0.706. The number of aromatic nitrogens is 2. The molecule has 6 nitrogen and oxygen atoms in total. The van der Waals surface area contributed by atoms with Gasteiger partial charge in [0.05, 0.1) is 0 Å². The van der Waals surface area contributed by atoms with Crippen LogP contribution in [-0.4, -0.2) is 57.9 Å². The summed E-state index contributed by atoms with van der Waals surface area (Å²) in [6.45, 7) is 5.21. The minimum atomic E-state index is -2.91. The van der Waals surface area contributed by atoms with Crippen molar-refractivity contribution in [3.05, 3.63) is 15.8 Å². The van der Waals surface area contributed by atoms with Crippen LogP contribution in [0.2, 0.25) is 0 Å². The van der Waals surface area contributed by atoms with Crippen LogP contribution in [0, 0.1) is 3.70 Å². The van der Waals surface area contributed by atoms with Crippen LogP contribution in [0.1, 0.15) is 40.0 Å². The van der Waals surface area contributed by atoms with E-state index in [2.05, 4.69) is 32.8 Å². The van der Waals surface area contributed by atoms with Gasteiger partial charge in [-0.2, -0.15) is 0 Å². The molecular formula is C17H23F2IN4O2. The normalized spacial score (nSPS) is 27.3. The Kier molecular flexibility index (Phi) is 5.04. The molecule has 0 aromatic carbocycles. The maximum Gasteiger partial charge on any atom is 0.411 e. The summed E-state index contributed by atoms with van der Waals surface area (Å²) >= 11 is 2.07. The van der Waals surface area contributed by atoms with Gasteiger partial charge in [0.25, 0.3) is 5.92 Å². The lowest BCUT2D eigenvalue weighted by molar-refractivity contribution is -0.0492. The second-order valence-electron chi connectivity index (χ2n) is 7.97. The van der Waals surface area contributed by atoms with Gasteiger partial charge in [0.2, 0.25) is 0 Å². The van der Waals surface area contributed by atoms with Gasteiger partial charge >= 0.3 is 6.09 Å². The lowest BCUT2D eigenvalue weighted by Crippen LogP contribution is -2.55. The molecule has 2 bridgehead atoms. The Morgan fingerprint density at radius 1 is 1.35 bits per heavy atom. The smallest absolute Gasteiger partial charge is 0.411 e. The van der Waals surface area contributed by atoms with Crippen LogP contribution < -0.4 is 4.90 Å². The molecule has 2 fully saturated rings. The highest BCUT2D eigenvalue weighted by Gasteiger charge is 2.60. The lowest BCUT2D eigenvalue weighted by Gasteiger charge is -2.42. The SMILES string of the molecule is CN(c1ccc(I)nn1)C1CC2CC(F)(F)C(C1)N2C(=O)OC(C)(C)C. The number of ether oxygens (including phenoxy) is 1. The number of carbonyl (C=O) groups excluding carboxylic acids is 1. The molecule has 2 aliphatic heterocycles. The van der Waals surface area contributed by atoms with Crippen molar-refractivity contribution in [3.63, 3.8) is 0 Å². The lowest BCUT2D eigenvalue weighted by atomic mass is 9.96.